The largest absolute Gasteiger partial charge is 0.497 e. The zero-order chi connectivity index (χ0) is 14.8. The number of thiazole rings is 1. The van der Waals surface area contributed by atoms with Crippen molar-refractivity contribution in [2.75, 3.05) is 19.5 Å². The van der Waals surface area contributed by atoms with Crippen molar-refractivity contribution in [3.8, 4) is 11.5 Å². The van der Waals surface area contributed by atoms with Gasteiger partial charge in [-0.1, -0.05) is 0 Å². The molecule has 0 radical (unpaired) electrons. The molecule has 6 heteroatoms. The smallest absolute Gasteiger partial charge is 0.257 e. The molecular formula is C15H16N2O3S. The van der Waals surface area contributed by atoms with Gasteiger partial charge < -0.3 is 9.47 Å². The number of aryl methyl sites for hydroxylation is 2. The summed E-state index contributed by atoms with van der Waals surface area (Å²) in [6.45, 7) is 0. The first-order valence-electron chi connectivity index (χ1n) is 6.72. The molecule has 0 fully saturated rings. The Kier molecular flexibility index (Phi) is 3.79. The minimum atomic E-state index is -0.209. The van der Waals surface area contributed by atoms with Crippen molar-refractivity contribution >= 4 is 22.4 Å². The second-order valence-corrected chi connectivity index (χ2v) is 5.88. The van der Waals surface area contributed by atoms with Crippen molar-refractivity contribution in [2.45, 2.75) is 19.3 Å². The highest BCUT2D eigenvalue weighted by molar-refractivity contribution is 7.15. The second-order valence-electron chi connectivity index (χ2n) is 4.80. The molecule has 1 aliphatic carbocycles. The maximum atomic E-state index is 12.3. The van der Waals surface area contributed by atoms with E-state index in [1.54, 1.807) is 43.8 Å². The van der Waals surface area contributed by atoms with Gasteiger partial charge in [-0.05, 0) is 31.4 Å². The third-order valence-electron chi connectivity index (χ3n) is 3.43. The van der Waals surface area contributed by atoms with Crippen LogP contribution < -0.4 is 14.8 Å². The maximum Gasteiger partial charge on any atom is 0.257 e. The van der Waals surface area contributed by atoms with E-state index in [-0.39, 0.29) is 5.91 Å². The van der Waals surface area contributed by atoms with E-state index < -0.39 is 0 Å². The van der Waals surface area contributed by atoms with Gasteiger partial charge in [0.1, 0.15) is 11.5 Å². The predicted molar refractivity (Wildman–Crippen MR) is 81.6 cm³/mol. The molecule has 1 amide bonds. The molecule has 5 nitrogen and oxygen atoms in total. The second kappa shape index (κ2) is 5.73. The Balaban J connectivity index is 1.81. The van der Waals surface area contributed by atoms with Gasteiger partial charge in [-0.3, -0.25) is 10.1 Å². The molecule has 0 saturated heterocycles. The normalized spacial score (nSPS) is 12.9. The third kappa shape index (κ3) is 2.85. The number of benzene rings is 1. The summed E-state index contributed by atoms with van der Waals surface area (Å²) in [7, 11) is 3.11. The van der Waals surface area contributed by atoms with Crippen molar-refractivity contribution in [1.29, 1.82) is 0 Å². The van der Waals surface area contributed by atoms with E-state index >= 15 is 0 Å². The van der Waals surface area contributed by atoms with Gasteiger partial charge in [0.2, 0.25) is 0 Å². The van der Waals surface area contributed by atoms with Crippen molar-refractivity contribution in [3.05, 3.63) is 34.3 Å². The molecule has 1 aromatic heterocycles. The van der Waals surface area contributed by atoms with Gasteiger partial charge in [-0.25, -0.2) is 4.98 Å². The van der Waals surface area contributed by atoms with Crippen LogP contribution in [0.15, 0.2) is 18.2 Å². The van der Waals surface area contributed by atoms with Crippen LogP contribution in [0.25, 0.3) is 0 Å². The fourth-order valence-electron chi connectivity index (χ4n) is 2.35. The Morgan fingerprint density at radius 1 is 1.19 bits per heavy atom. The summed E-state index contributed by atoms with van der Waals surface area (Å²) in [5.41, 5.74) is 1.61. The first-order valence-corrected chi connectivity index (χ1v) is 7.54. The molecule has 110 valence electrons. The molecule has 1 N–H and O–H groups in total. The number of fused-ring (bicyclic) bond motifs is 1. The summed E-state index contributed by atoms with van der Waals surface area (Å²) < 4.78 is 10.3. The summed E-state index contributed by atoms with van der Waals surface area (Å²) in [4.78, 5) is 18.1. The molecule has 0 saturated carbocycles. The van der Waals surface area contributed by atoms with E-state index in [0.717, 1.165) is 25.0 Å². The summed E-state index contributed by atoms with van der Waals surface area (Å²) in [6, 6.07) is 5.09. The number of hydrogen-bond donors (Lipinski definition) is 1. The average molecular weight is 304 g/mol. The molecule has 1 aliphatic rings. The Labute approximate surface area is 126 Å². The van der Waals surface area contributed by atoms with Crippen molar-refractivity contribution in [2.24, 2.45) is 0 Å². The van der Waals surface area contributed by atoms with Crippen LogP contribution in [0.5, 0.6) is 11.5 Å². The molecule has 0 unspecified atom stereocenters. The first kappa shape index (κ1) is 13.9. The van der Waals surface area contributed by atoms with Gasteiger partial charge >= 0.3 is 0 Å². The van der Waals surface area contributed by atoms with E-state index in [4.69, 9.17) is 9.47 Å². The average Bonchev–Trinajstić information content (AvgIpc) is 3.07. The van der Waals surface area contributed by atoms with E-state index in [2.05, 4.69) is 10.3 Å². The third-order valence-corrected chi connectivity index (χ3v) is 4.50. The van der Waals surface area contributed by atoms with Gasteiger partial charge in [0.25, 0.3) is 5.91 Å². The number of nitrogens with one attached hydrogen (secondary N) is 1. The van der Waals surface area contributed by atoms with Crippen LogP contribution in [0.2, 0.25) is 0 Å². The molecular weight excluding hydrogens is 288 g/mol. The van der Waals surface area contributed by atoms with Gasteiger partial charge in [0, 0.05) is 16.5 Å². The standard InChI is InChI=1S/C15H16N2O3S/c1-19-10-6-9(7-11(8-10)20-2)14(18)17-15-16-12-4-3-5-13(12)21-15/h6-8H,3-5H2,1-2H3,(H,16,17,18). The predicted octanol–water partition coefficient (Wildman–Crippen LogP) is 2.90. The molecule has 0 atom stereocenters. The zero-order valence-electron chi connectivity index (χ0n) is 11.9. The number of aromatic nitrogens is 1. The molecule has 1 heterocycles. The van der Waals surface area contributed by atoms with Gasteiger partial charge in [-0.2, -0.15) is 0 Å². The van der Waals surface area contributed by atoms with Crippen molar-refractivity contribution < 1.29 is 14.3 Å². The fourth-order valence-corrected chi connectivity index (χ4v) is 3.40. The highest BCUT2D eigenvalue weighted by atomic mass is 32.1. The Hall–Kier alpha value is -2.08. The van der Waals surface area contributed by atoms with Crippen LogP contribution in [-0.2, 0) is 12.8 Å². The summed E-state index contributed by atoms with van der Waals surface area (Å²) >= 11 is 1.56. The van der Waals surface area contributed by atoms with Crippen LogP contribution in [0.3, 0.4) is 0 Å². The fraction of sp³-hybridized carbons (Fsp3) is 0.333. The number of methoxy groups -OCH3 is 2. The zero-order valence-corrected chi connectivity index (χ0v) is 12.8. The lowest BCUT2D eigenvalue weighted by molar-refractivity contribution is 0.102. The molecule has 0 spiro atoms. The van der Waals surface area contributed by atoms with Crippen molar-refractivity contribution in [3.63, 3.8) is 0 Å². The van der Waals surface area contributed by atoms with Crippen LogP contribution in [-0.4, -0.2) is 25.1 Å². The number of nitrogens with zero attached hydrogens (tertiary/aromatic N) is 1. The minimum absolute atomic E-state index is 0.209. The Morgan fingerprint density at radius 3 is 2.52 bits per heavy atom. The Morgan fingerprint density at radius 2 is 1.90 bits per heavy atom. The van der Waals surface area contributed by atoms with E-state index in [9.17, 15) is 4.79 Å². The van der Waals surface area contributed by atoms with Crippen LogP contribution in [0, 0.1) is 0 Å². The lowest BCUT2D eigenvalue weighted by Gasteiger charge is -2.08. The van der Waals surface area contributed by atoms with Crippen LogP contribution in [0.4, 0.5) is 5.13 Å². The van der Waals surface area contributed by atoms with Crippen LogP contribution in [0.1, 0.15) is 27.3 Å². The summed E-state index contributed by atoms with van der Waals surface area (Å²) in [5.74, 6) is 0.960. The molecule has 3 rings (SSSR count). The Bertz CT molecular complexity index is 638. The number of rotatable bonds is 4. The number of carbonyl (C=O) groups excluding carboxylic acids is 1. The van der Waals surface area contributed by atoms with Crippen molar-refractivity contribution in [1.82, 2.24) is 4.98 Å². The molecule has 0 bridgehead atoms. The quantitative estimate of drug-likeness (QED) is 0.943. The number of ether oxygens (including phenoxy) is 2. The van der Waals surface area contributed by atoms with Gasteiger partial charge in [0.15, 0.2) is 5.13 Å². The van der Waals surface area contributed by atoms with Crippen LogP contribution >= 0.6 is 11.3 Å². The van der Waals surface area contributed by atoms with Gasteiger partial charge in [-0.15, -0.1) is 11.3 Å². The van der Waals surface area contributed by atoms with Gasteiger partial charge in [0.05, 0.1) is 19.9 Å². The number of hydrogen-bond acceptors (Lipinski definition) is 5. The van der Waals surface area contributed by atoms with E-state index in [1.807, 2.05) is 0 Å². The SMILES string of the molecule is COc1cc(OC)cc(C(=O)Nc2nc3c(s2)CCC3)c1. The lowest BCUT2D eigenvalue weighted by atomic mass is 10.2. The number of carbonyl (C=O) groups is 1. The molecule has 1 aromatic carbocycles. The minimum Gasteiger partial charge on any atom is -0.497 e. The summed E-state index contributed by atoms with van der Waals surface area (Å²) in [6.07, 6.45) is 3.24. The maximum absolute atomic E-state index is 12.3. The first-order chi connectivity index (χ1) is 10.2. The molecule has 21 heavy (non-hydrogen) atoms. The highest BCUT2D eigenvalue weighted by Crippen LogP contribution is 2.31. The lowest BCUT2D eigenvalue weighted by Crippen LogP contribution is -2.12. The topological polar surface area (TPSA) is 60.5 Å². The van der Waals surface area contributed by atoms with E-state index in [0.29, 0.717) is 22.2 Å². The van der Waals surface area contributed by atoms with E-state index in [1.165, 1.54) is 4.88 Å². The summed E-state index contributed by atoms with van der Waals surface area (Å²) in [5, 5.41) is 3.51. The molecule has 2 aromatic rings. The number of amides is 1. The molecule has 0 aliphatic heterocycles. The number of anilines is 1. The highest BCUT2D eigenvalue weighted by Gasteiger charge is 2.18. The monoisotopic (exact) mass is 304 g/mol.